The fourth-order valence-corrected chi connectivity index (χ4v) is 1.80. The molecule has 2 aromatic rings. The number of aryl methyl sites for hydroxylation is 2. The molecule has 1 heteroatoms. The zero-order valence-corrected chi connectivity index (χ0v) is 9.63. The first-order valence-corrected chi connectivity index (χ1v) is 5.46. The Balaban J connectivity index is 2.24. The van der Waals surface area contributed by atoms with Gasteiger partial charge in [-0.05, 0) is 43.0 Å². The van der Waals surface area contributed by atoms with Gasteiger partial charge in [-0.2, -0.15) is 0 Å². The molecule has 0 spiro atoms. The van der Waals surface area contributed by atoms with E-state index in [1.54, 1.807) is 13.0 Å². The molecule has 0 aliphatic rings. The van der Waals surface area contributed by atoms with Crippen molar-refractivity contribution in [1.29, 1.82) is 0 Å². The fourth-order valence-electron chi connectivity index (χ4n) is 1.80. The number of hydrogen-bond donors (Lipinski definition) is 0. The average molecular weight is 214 g/mol. The summed E-state index contributed by atoms with van der Waals surface area (Å²) in [4.78, 5) is 0. The molecule has 0 unspecified atom stereocenters. The lowest BCUT2D eigenvalue weighted by Crippen LogP contribution is -1.91. The number of benzene rings is 2. The second-order valence-corrected chi connectivity index (χ2v) is 4.25. The Morgan fingerprint density at radius 1 is 0.938 bits per heavy atom. The molecule has 0 amide bonds. The third-order valence-corrected chi connectivity index (χ3v) is 2.73. The topological polar surface area (TPSA) is 0 Å². The van der Waals surface area contributed by atoms with Crippen LogP contribution in [0.2, 0.25) is 0 Å². The van der Waals surface area contributed by atoms with E-state index in [9.17, 15) is 4.39 Å². The predicted octanol–water partition coefficient (Wildman–Crippen LogP) is 4.03. The Hall–Kier alpha value is -1.63. The van der Waals surface area contributed by atoms with Crippen LogP contribution in [0, 0.1) is 19.7 Å². The average Bonchev–Trinajstić information content (AvgIpc) is 2.24. The van der Waals surface area contributed by atoms with Gasteiger partial charge in [-0.1, -0.05) is 42.0 Å². The van der Waals surface area contributed by atoms with Crippen LogP contribution in [0.1, 0.15) is 22.3 Å². The highest BCUT2D eigenvalue weighted by Gasteiger charge is 2.01. The summed E-state index contributed by atoms with van der Waals surface area (Å²) in [5.41, 5.74) is 4.19. The van der Waals surface area contributed by atoms with E-state index < -0.39 is 0 Å². The predicted molar refractivity (Wildman–Crippen MR) is 65.1 cm³/mol. The smallest absolute Gasteiger partial charge is 0.126 e. The Morgan fingerprint density at radius 3 is 2.38 bits per heavy atom. The van der Waals surface area contributed by atoms with Gasteiger partial charge in [-0.15, -0.1) is 0 Å². The first kappa shape index (κ1) is 10.9. The molecular formula is C15H15F. The number of hydrogen-bond acceptors (Lipinski definition) is 0. The molecule has 2 rings (SSSR count). The summed E-state index contributed by atoms with van der Waals surface area (Å²) in [6.45, 7) is 3.85. The maximum absolute atomic E-state index is 13.4. The van der Waals surface area contributed by atoms with Gasteiger partial charge in [-0.25, -0.2) is 4.39 Å². The van der Waals surface area contributed by atoms with Gasteiger partial charge in [0.2, 0.25) is 0 Å². The molecule has 2 aromatic carbocycles. The first-order chi connectivity index (χ1) is 7.65. The summed E-state index contributed by atoms with van der Waals surface area (Å²) in [5.74, 6) is -0.120. The number of halogens is 1. The van der Waals surface area contributed by atoms with Gasteiger partial charge < -0.3 is 0 Å². The van der Waals surface area contributed by atoms with Gasteiger partial charge in [0.15, 0.2) is 0 Å². The monoisotopic (exact) mass is 214 g/mol. The van der Waals surface area contributed by atoms with Crippen LogP contribution >= 0.6 is 0 Å². The van der Waals surface area contributed by atoms with Crippen molar-refractivity contribution in [2.75, 3.05) is 0 Å². The summed E-state index contributed by atoms with van der Waals surface area (Å²) in [6, 6.07) is 13.8. The van der Waals surface area contributed by atoms with Crippen molar-refractivity contribution in [3.63, 3.8) is 0 Å². The van der Waals surface area contributed by atoms with Crippen LogP contribution in [0.15, 0.2) is 42.5 Å². The van der Waals surface area contributed by atoms with Crippen LogP contribution in [0.5, 0.6) is 0 Å². The van der Waals surface area contributed by atoms with Crippen LogP contribution in [-0.4, -0.2) is 0 Å². The van der Waals surface area contributed by atoms with Crippen molar-refractivity contribution in [1.82, 2.24) is 0 Å². The molecule has 0 N–H and O–H groups in total. The van der Waals surface area contributed by atoms with E-state index >= 15 is 0 Å². The number of rotatable bonds is 2. The Morgan fingerprint density at radius 2 is 1.69 bits per heavy atom. The molecule has 16 heavy (non-hydrogen) atoms. The minimum absolute atomic E-state index is 0.120. The van der Waals surface area contributed by atoms with E-state index in [0.717, 1.165) is 12.0 Å². The van der Waals surface area contributed by atoms with Gasteiger partial charge >= 0.3 is 0 Å². The van der Waals surface area contributed by atoms with Crippen LogP contribution < -0.4 is 0 Å². The fraction of sp³-hybridized carbons (Fsp3) is 0.200. The normalized spacial score (nSPS) is 10.4. The van der Waals surface area contributed by atoms with Crippen LogP contribution in [0.4, 0.5) is 4.39 Å². The van der Waals surface area contributed by atoms with Crippen molar-refractivity contribution >= 4 is 0 Å². The quantitative estimate of drug-likeness (QED) is 0.708. The molecule has 0 aromatic heterocycles. The molecule has 0 saturated heterocycles. The van der Waals surface area contributed by atoms with Crippen molar-refractivity contribution in [2.45, 2.75) is 20.3 Å². The molecule has 0 nitrogen and oxygen atoms in total. The Bertz CT molecular complexity index is 501. The summed E-state index contributed by atoms with van der Waals surface area (Å²) in [7, 11) is 0. The zero-order chi connectivity index (χ0) is 11.5. The van der Waals surface area contributed by atoms with E-state index in [0.29, 0.717) is 5.56 Å². The lowest BCUT2D eigenvalue weighted by atomic mass is 10.0. The molecule has 0 bridgehead atoms. The van der Waals surface area contributed by atoms with Gasteiger partial charge in [0, 0.05) is 0 Å². The lowest BCUT2D eigenvalue weighted by Gasteiger charge is -2.04. The molecule has 0 atom stereocenters. The summed E-state index contributed by atoms with van der Waals surface area (Å²) >= 11 is 0. The second-order valence-electron chi connectivity index (χ2n) is 4.25. The maximum Gasteiger partial charge on any atom is 0.126 e. The minimum Gasteiger partial charge on any atom is -0.207 e. The molecule has 0 radical (unpaired) electrons. The SMILES string of the molecule is Cc1cccc(Cc2ccc(C)c(F)c2)c1. The van der Waals surface area contributed by atoms with Gasteiger partial charge in [-0.3, -0.25) is 0 Å². The van der Waals surface area contributed by atoms with Crippen LogP contribution in [-0.2, 0) is 6.42 Å². The Kier molecular flexibility index (Phi) is 3.04. The zero-order valence-electron chi connectivity index (χ0n) is 9.63. The molecule has 0 saturated carbocycles. The summed E-state index contributed by atoms with van der Waals surface area (Å²) in [5, 5.41) is 0. The third kappa shape index (κ3) is 2.48. The maximum atomic E-state index is 13.4. The molecule has 0 fully saturated rings. The molecule has 0 heterocycles. The minimum atomic E-state index is -0.120. The van der Waals surface area contributed by atoms with E-state index in [2.05, 4.69) is 25.1 Å². The van der Waals surface area contributed by atoms with Crippen molar-refractivity contribution in [3.8, 4) is 0 Å². The van der Waals surface area contributed by atoms with E-state index in [4.69, 9.17) is 0 Å². The van der Waals surface area contributed by atoms with E-state index in [-0.39, 0.29) is 5.82 Å². The van der Waals surface area contributed by atoms with Gasteiger partial charge in [0.05, 0.1) is 0 Å². The van der Waals surface area contributed by atoms with Gasteiger partial charge in [0.1, 0.15) is 5.82 Å². The molecule has 82 valence electrons. The molecule has 0 aliphatic heterocycles. The summed E-state index contributed by atoms with van der Waals surface area (Å²) in [6.07, 6.45) is 0.791. The largest absolute Gasteiger partial charge is 0.207 e. The molecular weight excluding hydrogens is 199 g/mol. The lowest BCUT2D eigenvalue weighted by molar-refractivity contribution is 0.616. The summed E-state index contributed by atoms with van der Waals surface area (Å²) < 4.78 is 13.4. The highest BCUT2D eigenvalue weighted by molar-refractivity contribution is 5.31. The highest BCUT2D eigenvalue weighted by atomic mass is 19.1. The van der Waals surface area contributed by atoms with Crippen molar-refractivity contribution in [3.05, 3.63) is 70.5 Å². The highest BCUT2D eigenvalue weighted by Crippen LogP contribution is 2.14. The Labute approximate surface area is 95.7 Å². The van der Waals surface area contributed by atoms with E-state index in [1.165, 1.54) is 11.1 Å². The third-order valence-electron chi connectivity index (χ3n) is 2.73. The van der Waals surface area contributed by atoms with E-state index in [1.807, 2.05) is 18.2 Å². The van der Waals surface area contributed by atoms with Gasteiger partial charge in [0.25, 0.3) is 0 Å². The van der Waals surface area contributed by atoms with Crippen LogP contribution in [0.3, 0.4) is 0 Å². The van der Waals surface area contributed by atoms with Crippen LogP contribution in [0.25, 0.3) is 0 Å². The standard InChI is InChI=1S/C15H15F/c1-11-4-3-5-13(8-11)9-14-7-6-12(2)15(16)10-14/h3-8,10H,9H2,1-2H3. The van der Waals surface area contributed by atoms with Crippen molar-refractivity contribution in [2.24, 2.45) is 0 Å². The first-order valence-electron chi connectivity index (χ1n) is 5.46. The van der Waals surface area contributed by atoms with Crippen molar-refractivity contribution < 1.29 is 4.39 Å². The molecule has 0 aliphatic carbocycles. The second kappa shape index (κ2) is 4.48.